The maximum atomic E-state index is 12.1. The van der Waals surface area contributed by atoms with E-state index in [2.05, 4.69) is 23.8 Å². The van der Waals surface area contributed by atoms with Crippen LogP contribution in [0.3, 0.4) is 0 Å². The number of allylic oxidation sites excluding steroid dienone is 2. The Balaban J connectivity index is 2.29. The Morgan fingerprint density at radius 2 is 1.70 bits per heavy atom. The normalized spacial score (nSPS) is 10.9. The van der Waals surface area contributed by atoms with Crippen molar-refractivity contribution < 1.29 is 14.3 Å². The summed E-state index contributed by atoms with van der Waals surface area (Å²) in [5.41, 5.74) is 1.00. The van der Waals surface area contributed by atoms with Crippen molar-refractivity contribution in [1.29, 1.82) is 0 Å². The van der Waals surface area contributed by atoms with Crippen molar-refractivity contribution in [3.63, 3.8) is 0 Å². The molecule has 0 aliphatic carbocycles. The molecule has 0 amide bonds. The topological polar surface area (TPSA) is 43.4 Å². The van der Waals surface area contributed by atoms with E-state index in [1.165, 1.54) is 32.8 Å². The number of carbonyl (C=O) groups excluding carboxylic acids is 2. The third kappa shape index (κ3) is 7.78. The fraction of sp³-hybridized carbons (Fsp3) is 0.500. The van der Waals surface area contributed by atoms with Crippen molar-refractivity contribution in [2.75, 3.05) is 7.11 Å². The number of hydrogen-bond donors (Lipinski definition) is 0. The zero-order valence-corrected chi connectivity index (χ0v) is 14.3. The number of esters is 1. The van der Waals surface area contributed by atoms with E-state index >= 15 is 0 Å². The van der Waals surface area contributed by atoms with Crippen LogP contribution >= 0.6 is 0 Å². The number of methoxy groups -OCH3 is 1. The van der Waals surface area contributed by atoms with Crippen LogP contribution in [-0.4, -0.2) is 18.9 Å². The molecule has 23 heavy (non-hydrogen) atoms. The van der Waals surface area contributed by atoms with Gasteiger partial charge in [-0.05, 0) is 37.8 Å². The van der Waals surface area contributed by atoms with Crippen LogP contribution in [0, 0.1) is 0 Å². The number of hydrogen-bond acceptors (Lipinski definition) is 3. The van der Waals surface area contributed by atoms with E-state index in [0.29, 0.717) is 17.5 Å². The largest absolute Gasteiger partial charge is 0.465 e. The van der Waals surface area contributed by atoms with E-state index in [4.69, 9.17) is 0 Å². The maximum Gasteiger partial charge on any atom is 0.337 e. The van der Waals surface area contributed by atoms with E-state index in [-0.39, 0.29) is 5.78 Å². The van der Waals surface area contributed by atoms with E-state index < -0.39 is 5.97 Å². The molecule has 0 bridgehead atoms. The van der Waals surface area contributed by atoms with Crippen LogP contribution in [0.1, 0.15) is 79.0 Å². The molecule has 0 saturated carbocycles. The molecule has 0 unspecified atom stereocenters. The first-order chi connectivity index (χ1) is 11.2. The molecular formula is C20H28O3. The van der Waals surface area contributed by atoms with Crippen LogP contribution in [0.15, 0.2) is 36.4 Å². The fourth-order valence-corrected chi connectivity index (χ4v) is 2.39. The second-order valence-corrected chi connectivity index (χ2v) is 5.71. The second-order valence-electron chi connectivity index (χ2n) is 5.71. The predicted octanol–water partition coefficient (Wildman–Crippen LogP) is 5.35. The molecule has 1 rings (SSSR count). The van der Waals surface area contributed by atoms with E-state index in [1.54, 1.807) is 24.3 Å². The zero-order valence-electron chi connectivity index (χ0n) is 14.3. The van der Waals surface area contributed by atoms with Gasteiger partial charge in [-0.2, -0.15) is 0 Å². The van der Waals surface area contributed by atoms with E-state index in [9.17, 15) is 9.59 Å². The van der Waals surface area contributed by atoms with Gasteiger partial charge in [-0.25, -0.2) is 4.79 Å². The van der Waals surface area contributed by atoms with Crippen molar-refractivity contribution >= 4 is 11.8 Å². The molecular weight excluding hydrogens is 288 g/mol. The van der Waals surface area contributed by atoms with Gasteiger partial charge in [0, 0.05) is 12.0 Å². The van der Waals surface area contributed by atoms with Crippen molar-refractivity contribution in [3.8, 4) is 0 Å². The first kappa shape index (κ1) is 19.1. The standard InChI is InChI=1S/C20H28O3/c1-3-4-5-6-7-8-9-10-11-15-19(21)17-13-12-14-18(16-17)20(22)23-2/h8-9,12-14,16H,3-7,10-11,15H2,1-2H3. The molecule has 126 valence electrons. The molecule has 0 spiro atoms. The van der Waals surface area contributed by atoms with Crippen molar-refractivity contribution in [1.82, 2.24) is 0 Å². The molecule has 0 atom stereocenters. The molecule has 0 heterocycles. The Labute approximate surface area is 139 Å². The lowest BCUT2D eigenvalue weighted by Gasteiger charge is -2.03. The summed E-state index contributed by atoms with van der Waals surface area (Å²) in [4.78, 5) is 23.6. The molecule has 1 aromatic carbocycles. The zero-order chi connectivity index (χ0) is 16.9. The molecule has 0 radical (unpaired) electrons. The number of ketones is 1. The second kappa shape index (κ2) is 11.6. The number of unbranched alkanes of at least 4 members (excludes halogenated alkanes) is 5. The van der Waals surface area contributed by atoms with Gasteiger partial charge in [0.2, 0.25) is 0 Å². The molecule has 3 heteroatoms. The van der Waals surface area contributed by atoms with Crippen LogP contribution in [0.5, 0.6) is 0 Å². The Morgan fingerprint density at radius 3 is 2.39 bits per heavy atom. The molecule has 0 fully saturated rings. The van der Waals surface area contributed by atoms with Gasteiger partial charge >= 0.3 is 5.97 Å². The third-order valence-corrected chi connectivity index (χ3v) is 3.77. The van der Waals surface area contributed by atoms with Crippen LogP contribution in [-0.2, 0) is 4.74 Å². The molecule has 3 nitrogen and oxygen atoms in total. The average molecular weight is 316 g/mol. The smallest absolute Gasteiger partial charge is 0.337 e. The highest BCUT2D eigenvalue weighted by molar-refractivity contribution is 5.99. The van der Waals surface area contributed by atoms with Gasteiger partial charge in [-0.15, -0.1) is 0 Å². The average Bonchev–Trinajstić information content (AvgIpc) is 2.59. The number of rotatable bonds is 11. The monoisotopic (exact) mass is 316 g/mol. The summed E-state index contributed by atoms with van der Waals surface area (Å²) in [5, 5.41) is 0. The van der Waals surface area contributed by atoms with Gasteiger partial charge in [-0.3, -0.25) is 4.79 Å². The summed E-state index contributed by atoms with van der Waals surface area (Å²) in [5.74, 6) is -0.335. The molecule has 0 aliphatic rings. The molecule has 0 N–H and O–H groups in total. The third-order valence-electron chi connectivity index (χ3n) is 3.77. The molecule has 0 aromatic heterocycles. The molecule has 1 aromatic rings. The number of carbonyl (C=O) groups is 2. The minimum Gasteiger partial charge on any atom is -0.465 e. The van der Waals surface area contributed by atoms with E-state index in [0.717, 1.165) is 19.3 Å². The quantitative estimate of drug-likeness (QED) is 0.239. The van der Waals surface area contributed by atoms with Crippen molar-refractivity contribution in [2.24, 2.45) is 0 Å². The van der Waals surface area contributed by atoms with Gasteiger partial charge in [0.25, 0.3) is 0 Å². The highest BCUT2D eigenvalue weighted by atomic mass is 16.5. The minimum atomic E-state index is -0.411. The highest BCUT2D eigenvalue weighted by Gasteiger charge is 2.10. The van der Waals surface area contributed by atoms with Gasteiger partial charge in [0.1, 0.15) is 0 Å². The van der Waals surface area contributed by atoms with Crippen LogP contribution in [0.2, 0.25) is 0 Å². The van der Waals surface area contributed by atoms with Crippen LogP contribution in [0.4, 0.5) is 0 Å². The van der Waals surface area contributed by atoms with Crippen molar-refractivity contribution in [2.45, 2.75) is 58.3 Å². The SMILES string of the molecule is CCCCCCC=CCCCC(=O)c1cccc(C(=O)OC)c1. The van der Waals surface area contributed by atoms with Crippen LogP contribution < -0.4 is 0 Å². The predicted molar refractivity (Wildman–Crippen MR) is 93.9 cm³/mol. The van der Waals surface area contributed by atoms with E-state index in [1.807, 2.05) is 0 Å². The molecule has 0 aliphatic heterocycles. The number of Topliss-reactive ketones (excluding diaryl/α,β-unsaturated/α-hetero) is 1. The summed E-state index contributed by atoms with van der Waals surface area (Å²) in [7, 11) is 1.34. The van der Waals surface area contributed by atoms with Gasteiger partial charge in [-0.1, -0.05) is 50.5 Å². The van der Waals surface area contributed by atoms with Gasteiger partial charge in [0.05, 0.1) is 12.7 Å². The Bertz CT molecular complexity index is 517. The highest BCUT2D eigenvalue weighted by Crippen LogP contribution is 2.11. The van der Waals surface area contributed by atoms with Gasteiger partial charge in [0.15, 0.2) is 5.78 Å². The van der Waals surface area contributed by atoms with Gasteiger partial charge < -0.3 is 4.74 Å². The van der Waals surface area contributed by atoms with Crippen molar-refractivity contribution in [3.05, 3.63) is 47.5 Å². The summed E-state index contributed by atoms with van der Waals surface area (Å²) in [6.07, 6.45) is 12.9. The summed E-state index contributed by atoms with van der Waals surface area (Å²) in [6.45, 7) is 2.22. The van der Waals surface area contributed by atoms with Crippen LogP contribution in [0.25, 0.3) is 0 Å². The first-order valence-corrected chi connectivity index (χ1v) is 8.55. The first-order valence-electron chi connectivity index (χ1n) is 8.55. The lowest BCUT2D eigenvalue weighted by atomic mass is 10.0. The summed E-state index contributed by atoms with van der Waals surface area (Å²) < 4.78 is 4.67. The number of benzene rings is 1. The fourth-order valence-electron chi connectivity index (χ4n) is 2.39. The Kier molecular flexibility index (Phi) is 9.69. The Morgan fingerprint density at radius 1 is 1.00 bits per heavy atom. The Hall–Kier alpha value is -1.90. The lowest BCUT2D eigenvalue weighted by molar-refractivity contribution is 0.0600. The maximum absolute atomic E-state index is 12.1. The summed E-state index contributed by atoms with van der Waals surface area (Å²) >= 11 is 0. The minimum absolute atomic E-state index is 0.0760. The summed E-state index contributed by atoms with van der Waals surface area (Å²) in [6, 6.07) is 6.73. The lowest BCUT2D eigenvalue weighted by Crippen LogP contribution is -2.04. The number of ether oxygens (including phenoxy) is 1. The molecule has 0 saturated heterocycles.